The number of thiophene rings is 1. The summed E-state index contributed by atoms with van der Waals surface area (Å²) in [5, 5.41) is 2.71. The van der Waals surface area contributed by atoms with Crippen LogP contribution in [-0.2, 0) is 0 Å². The molecule has 0 aliphatic heterocycles. The molecule has 0 spiro atoms. The second-order valence-corrected chi connectivity index (χ2v) is 3.34. The molecule has 0 bridgehead atoms. The van der Waals surface area contributed by atoms with E-state index in [2.05, 4.69) is 20.8 Å². The van der Waals surface area contributed by atoms with Gasteiger partial charge in [0.05, 0.1) is 6.57 Å². The minimum Gasteiger partial charge on any atom is -0.226 e. The van der Waals surface area contributed by atoms with E-state index in [1.807, 2.05) is 12.3 Å². The molecular formula is C6H4BrNS. The van der Waals surface area contributed by atoms with Crippen LogP contribution in [0.2, 0.25) is 0 Å². The molecule has 0 unspecified atom stereocenters. The van der Waals surface area contributed by atoms with Gasteiger partial charge in [0.1, 0.15) is 0 Å². The highest BCUT2D eigenvalue weighted by Crippen LogP contribution is 2.33. The highest BCUT2D eigenvalue weighted by molar-refractivity contribution is 9.10. The van der Waals surface area contributed by atoms with Gasteiger partial charge in [-0.1, -0.05) is 15.9 Å². The molecule has 1 heterocycles. The van der Waals surface area contributed by atoms with Gasteiger partial charge >= 0.3 is 0 Å². The Balaban J connectivity index is 3.24. The van der Waals surface area contributed by atoms with Gasteiger partial charge < -0.3 is 0 Å². The van der Waals surface area contributed by atoms with Crippen LogP contribution in [0, 0.1) is 13.5 Å². The molecule has 1 nitrogen and oxygen atoms in total. The Morgan fingerprint density at radius 3 is 2.67 bits per heavy atom. The summed E-state index contributed by atoms with van der Waals surface area (Å²) in [6.07, 6.45) is 0. The van der Waals surface area contributed by atoms with Gasteiger partial charge in [0, 0.05) is 4.47 Å². The van der Waals surface area contributed by atoms with Gasteiger partial charge in [-0.05, 0) is 17.9 Å². The van der Waals surface area contributed by atoms with Crippen molar-refractivity contribution in [1.29, 1.82) is 0 Å². The molecule has 3 heteroatoms. The molecule has 9 heavy (non-hydrogen) atoms. The summed E-state index contributed by atoms with van der Waals surface area (Å²) in [6, 6.07) is 0. The summed E-state index contributed by atoms with van der Waals surface area (Å²) in [6.45, 7) is 8.65. The Hall–Kier alpha value is -0.330. The third kappa shape index (κ3) is 1.15. The largest absolute Gasteiger partial charge is 0.245 e. The quantitative estimate of drug-likeness (QED) is 0.568. The van der Waals surface area contributed by atoms with Crippen molar-refractivity contribution >= 4 is 32.3 Å². The van der Waals surface area contributed by atoms with E-state index in [0.29, 0.717) is 0 Å². The first-order valence-corrected chi connectivity index (χ1v) is 4.04. The fourth-order valence-electron chi connectivity index (χ4n) is 0.497. The zero-order valence-electron chi connectivity index (χ0n) is 4.81. The lowest BCUT2D eigenvalue weighted by Gasteiger charge is -1.83. The van der Waals surface area contributed by atoms with Crippen molar-refractivity contribution in [2.75, 3.05) is 0 Å². The monoisotopic (exact) mass is 201 g/mol. The topological polar surface area (TPSA) is 4.36 Å². The van der Waals surface area contributed by atoms with Gasteiger partial charge in [-0.3, -0.25) is 0 Å². The Morgan fingerprint density at radius 1 is 1.78 bits per heavy atom. The number of nitrogens with zero attached hydrogens (tertiary/aromatic N) is 1. The van der Waals surface area contributed by atoms with Crippen molar-refractivity contribution in [3.63, 3.8) is 0 Å². The summed E-state index contributed by atoms with van der Waals surface area (Å²) in [5.74, 6) is 0. The molecule has 0 aromatic carbocycles. The molecule has 46 valence electrons. The van der Waals surface area contributed by atoms with Crippen LogP contribution in [0.3, 0.4) is 0 Å². The highest BCUT2D eigenvalue weighted by Gasteiger charge is 2.02. The van der Waals surface area contributed by atoms with Gasteiger partial charge in [-0.15, -0.1) is 0 Å². The summed E-state index contributed by atoms with van der Waals surface area (Å²) < 4.78 is 1.04. The molecule has 0 atom stereocenters. The van der Waals surface area contributed by atoms with E-state index in [1.165, 1.54) is 11.3 Å². The third-order valence-electron chi connectivity index (χ3n) is 1.05. The van der Waals surface area contributed by atoms with Crippen LogP contribution in [0.25, 0.3) is 4.85 Å². The van der Waals surface area contributed by atoms with E-state index in [-0.39, 0.29) is 0 Å². The van der Waals surface area contributed by atoms with E-state index in [1.54, 1.807) is 0 Å². The molecule has 0 radical (unpaired) electrons. The van der Waals surface area contributed by atoms with Crippen molar-refractivity contribution in [1.82, 2.24) is 0 Å². The molecule has 1 aromatic rings. The second kappa shape index (κ2) is 2.51. The Bertz CT molecular complexity index is 259. The Kier molecular flexibility index (Phi) is 1.89. The number of halogens is 1. The zero-order valence-corrected chi connectivity index (χ0v) is 7.21. The first-order chi connectivity index (χ1) is 4.25. The number of hydrogen-bond donors (Lipinski definition) is 0. The molecule has 0 aliphatic rings. The lowest BCUT2D eigenvalue weighted by Crippen LogP contribution is -1.59. The third-order valence-corrected chi connectivity index (χ3v) is 3.16. The maximum absolute atomic E-state index is 6.71. The molecular weight excluding hydrogens is 198 g/mol. The minimum absolute atomic E-state index is 0.780. The summed E-state index contributed by atoms with van der Waals surface area (Å²) in [4.78, 5) is 3.33. The number of hydrogen-bond acceptors (Lipinski definition) is 1. The van der Waals surface area contributed by atoms with E-state index >= 15 is 0 Å². The van der Waals surface area contributed by atoms with Crippen LogP contribution in [0.5, 0.6) is 0 Å². The zero-order chi connectivity index (χ0) is 6.85. The molecule has 1 aromatic heterocycles. The van der Waals surface area contributed by atoms with Crippen molar-refractivity contribution in [3.8, 4) is 0 Å². The minimum atomic E-state index is 0.780. The maximum atomic E-state index is 6.71. The van der Waals surface area contributed by atoms with Gasteiger partial charge in [0.2, 0.25) is 5.00 Å². The van der Waals surface area contributed by atoms with Crippen LogP contribution < -0.4 is 0 Å². The van der Waals surface area contributed by atoms with Crippen LogP contribution in [0.4, 0.5) is 5.00 Å². The van der Waals surface area contributed by atoms with Crippen molar-refractivity contribution < 1.29 is 0 Å². The highest BCUT2D eigenvalue weighted by atomic mass is 79.9. The summed E-state index contributed by atoms with van der Waals surface area (Å²) >= 11 is 4.80. The van der Waals surface area contributed by atoms with Crippen LogP contribution >= 0.6 is 27.3 Å². The van der Waals surface area contributed by atoms with Crippen molar-refractivity contribution in [3.05, 3.63) is 26.8 Å². The van der Waals surface area contributed by atoms with Crippen LogP contribution in [0.15, 0.2) is 9.85 Å². The van der Waals surface area contributed by atoms with Crippen LogP contribution in [-0.4, -0.2) is 0 Å². The summed E-state index contributed by atoms with van der Waals surface area (Å²) in [5.41, 5.74) is 1.05. The van der Waals surface area contributed by atoms with Crippen molar-refractivity contribution in [2.24, 2.45) is 0 Å². The molecule has 0 amide bonds. The molecule has 1 rings (SSSR count). The predicted octanol–water partition coefficient (Wildman–Crippen LogP) is 3.37. The lowest BCUT2D eigenvalue weighted by atomic mass is 10.4. The van der Waals surface area contributed by atoms with Crippen LogP contribution in [0.1, 0.15) is 5.56 Å². The first kappa shape index (κ1) is 6.79. The molecule has 0 saturated carbocycles. The second-order valence-electron chi connectivity index (χ2n) is 1.63. The molecule has 0 N–H and O–H groups in total. The summed E-state index contributed by atoms with van der Waals surface area (Å²) in [7, 11) is 0. The Morgan fingerprint density at radius 2 is 2.44 bits per heavy atom. The van der Waals surface area contributed by atoms with E-state index in [4.69, 9.17) is 6.57 Å². The van der Waals surface area contributed by atoms with Gasteiger partial charge in [0.25, 0.3) is 0 Å². The van der Waals surface area contributed by atoms with E-state index in [0.717, 1.165) is 15.0 Å². The normalized spacial score (nSPS) is 9.00. The van der Waals surface area contributed by atoms with E-state index < -0.39 is 0 Å². The molecule has 0 fully saturated rings. The first-order valence-electron chi connectivity index (χ1n) is 2.36. The standard InChI is InChI=1S/C6H4BrNS/c1-4-5(7)3-9-6(4)8-2/h3H,1H3. The van der Waals surface area contributed by atoms with Gasteiger partial charge in [-0.2, -0.15) is 11.3 Å². The predicted molar refractivity (Wildman–Crippen MR) is 43.0 cm³/mol. The van der Waals surface area contributed by atoms with Gasteiger partial charge in [0.15, 0.2) is 0 Å². The Labute approximate surface area is 66.3 Å². The van der Waals surface area contributed by atoms with Gasteiger partial charge in [-0.25, -0.2) is 4.85 Å². The molecule has 0 saturated heterocycles. The fourth-order valence-corrected chi connectivity index (χ4v) is 1.83. The lowest BCUT2D eigenvalue weighted by molar-refractivity contribution is 1.52. The SMILES string of the molecule is [C-]#[N+]c1scc(Br)c1C. The van der Waals surface area contributed by atoms with Crippen molar-refractivity contribution in [2.45, 2.75) is 6.92 Å². The van der Waals surface area contributed by atoms with E-state index in [9.17, 15) is 0 Å². The average Bonchev–Trinajstić information content (AvgIpc) is 2.15. The molecule has 0 aliphatic carbocycles. The number of rotatable bonds is 0. The fraction of sp³-hybridized carbons (Fsp3) is 0.167. The smallest absolute Gasteiger partial charge is 0.226 e. The maximum Gasteiger partial charge on any atom is 0.245 e. The average molecular weight is 202 g/mol.